The van der Waals surface area contributed by atoms with Gasteiger partial charge in [-0.25, -0.2) is 0 Å². The van der Waals surface area contributed by atoms with E-state index in [1.54, 1.807) is 0 Å². The Morgan fingerprint density at radius 1 is 1.56 bits per heavy atom. The Labute approximate surface area is 105 Å². The fourth-order valence-electron chi connectivity index (χ4n) is 1.28. The molecular weight excluding hydrogens is 244 g/mol. The van der Waals surface area contributed by atoms with Crippen LogP contribution in [-0.4, -0.2) is 18.3 Å². The average Bonchev–Trinajstić information content (AvgIpc) is 2.29. The number of hydrogen-bond donors (Lipinski definition) is 0. The molecule has 0 amide bonds. The highest BCUT2D eigenvalue weighted by atomic mass is 35.5. The molecule has 0 aliphatic rings. The molecule has 0 aliphatic heterocycles. The molecule has 2 nitrogen and oxygen atoms in total. The average molecular weight is 259 g/mol. The van der Waals surface area contributed by atoms with Gasteiger partial charge in [0.25, 0.3) is 0 Å². The number of carbonyl (C=O) groups is 1. The molecule has 0 radical (unpaired) electrons. The van der Waals surface area contributed by atoms with Crippen molar-refractivity contribution in [3.63, 3.8) is 0 Å². The summed E-state index contributed by atoms with van der Waals surface area (Å²) in [6, 6.07) is 5.76. The van der Waals surface area contributed by atoms with Crippen molar-refractivity contribution in [1.29, 1.82) is 0 Å². The second-order valence-corrected chi connectivity index (χ2v) is 5.13. The van der Waals surface area contributed by atoms with Gasteiger partial charge in [0, 0.05) is 9.92 Å². The quantitative estimate of drug-likeness (QED) is 0.609. The summed E-state index contributed by atoms with van der Waals surface area (Å²) in [5.41, 5.74) is 1.02. The highest BCUT2D eigenvalue weighted by molar-refractivity contribution is 8.00. The van der Waals surface area contributed by atoms with Gasteiger partial charge in [-0.2, -0.15) is 0 Å². The van der Waals surface area contributed by atoms with Crippen LogP contribution in [0.5, 0.6) is 0 Å². The number of aryl methyl sites for hydroxylation is 1. The number of rotatable bonds is 4. The maximum absolute atomic E-state index is 11.4. The van der Waals surface area contributed by atoms with Crippen LogP contribution in [0.2, 0.25) is 5.02 Å². The first-order chi connectivity index (χ1) is 7.58. The van der Waals surface area contributed by atoms with Crippen molar-refractivity contribution in [2.45, 2.75) is 30.4 Å². The zero-order valence-corrected chi connectivity index (χ0v) is 11.2. The van der Waals surface area contributed by atoms with Gasteiger partial charge in [0.2, 0.25) is 0 Å². The van der Waals surface area contributed by atoms with Crippen LogP contribution in [0.15, 0.2) is 23.1 Å². The monoisotopic (exact) mass is 258 g/mol. The highest BCUT2D eigenvalue weighted by Gasteiger charge is 2.18. The third-order valence-electron chi connectivity index (χ3n) is 2.24. The molecule has 0 N–H and O–H groups in total. The Morgan fingerprint density at radius 3 is 2.75 bits per heavy atom. The Hall–Kier alpha value is -0.670. The Balaban J connectivity index is 2.78. The third-order valence-corrected chi connectivity index (χ3v) is 4.00. The van der Waals surface area contributed by atoms with Crippen LogP contribution in [0.4, 0.5) is 0 Å². The van der Waals surface area contributed by atoms with Crippen LogP contribution in [0.1, 0.15) is 18.9 Å². The molecule has 4 heteroatoms. The van der Waals surface area contributed by atoms with Crippen molar-refractivity contribution < 1.29 is 9.53 Å². The van der Waals surface area contributed by atoms with Gasteiger partial charge in [0.15, 0.2) is 0 Å². The minimum Gasteiger partial charge on any atom is -0.468 e. The normalized spacial score (nSPS) is 12.2. The van der Waals surface area contributed by atoms with Crippen molar-refractivity contribution >= 4 is 29.3 Å². The van der Waals surface area contributed by atoms with Gasteiger partial charge >= 0.3 is 5.97 Å². The van der Waals surface area contributed by atoms with E-state index in [1.165, 1.54) is 18.9 Å². The molecule has 1 unspecified atom stereocenters. The van der Waals surface area contributed by atoms with E-state index in [0.717, 1.165) is 21.9 Å². The highest BCUT2D eigenvalue weighted by Crippen LogP contribution is 2.29. The van der Waals surface area contributed by atoms with E-state index >= 15 is 0 Å². The summed E-state index contributed by atoms with van der Waals surface area (Å²) in [7, 11) is 1.42. The number of methoxy groups -OCH3 is 1. The molecule has 0 aromatic heterocycles. The Bertz CT molecular complexity index is 379. The van der Waals surface area contributed by atoms with Crippen LogP contribution < -0.4 is 0 Å². The van der Waals surface area contributed by atoms with Gasteiger partial charge in [-0.05, 0) is 37.1 Å². The largest absolute Gasteiger partial charge is 0.468 e. The summed E-state index contributed by atoms with van der Waals surface area (Å²) < 4.78 is 4.74. The zero-order chi connectivity index (χ0) is 12.1. The van der Waals surface area contributed by atoms with Crippen LogP contribution in [0, 0.1) is 6.92 Å². The first-order valence-electron chi connectivity index (χ1n) is 5.09. The van der Waals surface area contributed by atoms with E-state index in [1.807, 2.05) is 32.0 Å². The predicted octanol–water partition coefficient (Wildman–Crippen LogP) is 3.69. The number of halogens is 1. The summed E-state index contributed by atoms with van der Waals surface area (Å²) in [5.74, 6) is -0.180. The molecular formula is C12H15ClO2S. The van der Waals surface area contributed by atoms with Crippen LogP contribution in [-0.2, 0) is 9.53 Å². The second kappa shape index (κ2) is 6.16. The first-order valence-corrected chi connectivity index (χ1v) is 6.34. The van der Waals surface area contributed by atoms with Crippen LogP contribution in [0.3, 0.4) is 0 Å². The topological polar surface area (TPSA) is 26.3 Å². The summed E-state index contributed by atoms with van der Waals surface area (Å²) in [4.78, 5) is 12.5. The zero-order valence-electron chi connectivity index (χ0n) is 9.62. The van der Waals surface area contributed by atoms with E-state index in [2.05, 4.69) is 0 Å². The first kappa shape index (κ1) is 13.4. The van der Waals surface area contributed by atoms with Crippen molar-refractivity contribution in [2.75, 3.05) is 7.11 Å². The molecule has 0 aliphatic carbocycles. The maximum Gasteiger partial charge on any atom is 0.319 e. The van der Waals surface area contributed by atoms with Crippen molar-refractivity contribution in [1.82, 2.24) is 0 Å². The summed E-state index contributed by atoms with van der Waals surface area (Å²) in [6.45, 7) is 3.92. The molecule has 0 bridgehead atoms. The lowest BCUT2D eigenvalue weighted by molar-refractivity contribution is -0.140. The van der Waals surface area contributed by atoms with Gasteiger partial charge < -0.3 is 4.74 Å². The smallest absolute Gasteiger partial charge is 0.319 e. The lowest BCUT2D eigenvalue weighted by Crippen LogP contribution is -2.17. The van der Waals surface area contributed by atoms with Crippen LogP contribution >= 0.6 is 23.4 Å². The van der Waals surface area contributed by atoms with Gasteiger partial charge in [-0.1, -0.05) is 18.5 Å². The minimum absolute atomic E-state index is 0.148. The molecule has 1 rings (SSSR count). The SMILES string of the molecule is CCC(Sc1ccc(Cl)c(C)c1)C(=O)OC. The molecule has 1 aromatic carbocycles. The number of ether oxygens (including phenoxy) is 1. The van der Waals surface area contributed by atoms with Gasteiger partial charge in [0.05, 0.1) is 7.11 Å². The molecule has 1 aromatic rings. The number of benzene rings is 1. The third kappa shape index (κ3) is 3.42. The molecule has 0 saturated heterocycles. The van der Waals surface area contributed by atoms with E-state index in [0.29, 0.717) is 0 Å². The fourth-order valence-corrected chi connectivity index (χ4v) is 2.48. The van der Waals surface area contributed by atoms with Crippen LogP contribution in [0.25, 0.3) is 0 Å². The molecule has 0 heterocycles. The molecule has 0 saturated carbocycles. The Morgan fingerprint density at radius 2 is 2.25 bits per heavy atom. The lowest BCUT2D eigenvalue weighted by atomic mass is 10.2. The number of thioether (sulfide) groups is 1. The maximum atomic E-state index is 11.4. The lowest BCUT2D eigenvalue weighted by Gasteiger charge is -2.12. The van der Waals surface area contributed by atoms with Gasteiger partial charge in [-0.15, -0.1) is 11.8 Å². The summed E-state index contributed by atoms with van der Waals surface area (Å²) >= 11 is 7.45. The van der Waals surface area contributed by atoms with Crippen molar-refractivity contribution in [3.8, 4) is 0 Å². The molecule has 88 valence electrons. The number of hydrogen-bond acceptors (Lipinski definition) is 3. The molecule has 16 heavy (non-hydrogen) atoms. The van der Waals surface area contributed by atoms with Gasteiger partial charge in [-0.3, -0.25) is 4.79 Å². The van der Waals surface area contributed by atoms with E-state index < -0.39 is 0 Å². The standard InChI is InChI=1S/C12H15ClO2S/c1-4-11(12(14)15-3)16-9-5-6-10(13)8(2)7-9/h5-7,11H,4H2,1-3H3. The number of carbonyl (C=O) groups excluding carboxylic acids is 1. The van der Waals surface area contributed by atoms with Gasteiger partial charge in [0.1, 0.15) is 5.25 Å². The van der Waals surface area contributed by atoms with E-state index in [4.69, 9.17) is 16.3 Å². The minimum atomic E-state index is -0.180. The predicted molar refractivity (Wildman–Crippen MR) is 68.1 cm³/mol. The van der Waals surface area contributed by atoms with Crippen molar-refractivity contribution in [3.05, 3.63) is 28.8 Å². The second-order valence-electron chi connectivity index (χ2n) is 3.45. The van der Waals surface area contributed by atoms with Crippen molar-refractivity contribution in [2.24, 2.45) is 0 Å². The van der Waals surface area contributed by atoms with E-state index in [-0.39, 0.29) is 11.2 Å². The Kier molecular flexibility index (Phi) is 5.16. The molecule has 0 fully saturated rings. The molecule has 1 atom stereocenters. The summed E-state index contributed by atoms with van der Waals surface area (Å²) in [5, 5.41) is 0.598. The fraction of sp³-hybridized carbons (Fsp3) is 0.417. The molecule has 0 spiro atoms. The van der Waals surface area contributed by atoms with E-state index in [9.17, 15) is 4.79 Å². The summed E-state index contributed by atoms with van der Waals surface area (Å²) in [6.07, 6.45) is 0.749. The number of esters is 1.